The molecule has 0 saturated carbocycles. The van der Waals surface area contributed by atoms with Gasteiger partial charge in [-0.15, -0.1) is 0 Å². The lowest BCUT2D eigenvalue weighted by Gasteiger charge is -2.34. The zero-order valence-corrected chi connectivity index (χ0v) is 13.3. The molecule has 1 atom stereocenters. The smallest absolute Gasteiger partial charge is 0.304 e. The molecule has 1 heterocycles. The van der Waals surface area contributed by atoms with Crippen LogP contribution in [0.4, 0.5) is 0 Å². The standard InChI is InChI=1S/C14H18ClNO4S/c1-10-2-3-11(6-13(10)15)8-16-4-5-21(19,20)9-12(16)7-14(17)18/h2-3,6,12H,4-5,7-9H2,1H3,(H,17,18). The fraction of sp³-hybridized carbons (Fsp3) is 0.500. The molecule has 0 spiro atoms. The third-order valence-electron chi connectivity index (χ3n) is 3.68. The number of hydrogen-bond donors (Lipinski definition) is 1. The molecule has 0 aromatic heterocycles. The number of halogens is 1. The van der Waals surface area contributed by atoms with Crippen LogP contribution in [0, 0.1) is 6.92 Å². The van der Waals surface area contributed by atoms with Crippen LogP contribution in [0.5, 0.6) is 0 Å². The quantitative estimate of drug-likeness (QED) is 0.909. The summed E-state index contributed by atoms with van der Waals surface area (Å²) in [4.78, 5) is 12.8. The van der Waals surface area contributed by atoms with Crippen LogP contribution in [-0.2, 0) is 21.2 Å². The van der Waals surface area contributed by atoms with Crippen molar-refractivity contribution in [1.29, 1.82) is 0 Å². The van der Waals surface area contributed by atoms with E-state index in [4.69, 9.17) is 16.7 Å². The maximum atomic E-state index is 11.7. The molecule has 5 nitrogen and oxygen atoms in total. The molecule has 1 N–H and O–H groups in total. The van der Waals surface area contributed by atoms with Crippen LogP contribution in [0.1, 0.15) is 17.5 Å². The molecule has 0 aliphatic carbocycles. The van der Waals surface area contributed by atoms with Gasteiger partial charge in [-0.05, 0) is 24.1 Å². The van der Waals surface area contributed by atoms with E-state index in [1.54, 1.807) is 0 Å². The molecule has 2 rings (SSSR count). The topological polar surface area (TPSA) is 74.7 Å². The van der Waals surface area contributed by atoms with Gasteiger partial charge in [-0.1, -0.05) is 23.7 Å². The molecule has 1 aromatic carbocycles. The molecule has 21 heavy (non-hydrogen) atoms. The summed E-state index contributed by atoms with van der Waals surface area (Å²) in [6.07, 6.45) is -0.168. The Bertz CT molecular complexity index is 644. The highest BCUT2D eigenvalue weighted by Gasteiger charge is 2.32. The second-order valence-corrected chi connectivity index (χ2v) is 8.06. The number of aryl methyl sites for hydroxylation is 1. The van der Waals surface area contributed by atoms with Gasteiger partial charge in [0.2, 0.25) is 0 Å². The van der Waals surface area contributed by atoms with E-state index in [2.05, 4.69) is 0 Å². The fourth-order valence-corrected chi connectivity index (χ4v) is 4.29. The molecule has 0 bridgehead atoms. The zero-order valence-electron chi connectivity index (χ0n) is 11.8. The molecule has 1 aromatic rings. The van der Waals surface area contributed by atoms with E-state index in [9.17, 15) is 13.2 Å². The average molecular weight is 332 g/mol. The predicted molar refractivity (Wildman–Crippen MR) is 81.3 cm³/mol. The van der Waals surface area contributed by atoms with Crippen molar-refractivity contribution >= 4 is 27.4 Å². The molecule has 1 aliphatic rings. The van der Waals surface area contributed by atoms with Gasteiger partial charge in [-0.3, -0.25) is 9.69 Å². The fourth-order valence-electron chi connectivity index (χ4n) is 2.49. The van der Waals surface area contributed by atoms with E-state index >= 15 is 0 Å². The van der Waals surface area contributed by atoms with Crippen LogP contribution in [0.3, 0.4) is 0 Å². The van der Waals surface area contributed by atoms with Crippen molar-refractivity contribution in [2.24, 2.45) is 0 Å². The molecular formula is C14H18ClNO4S. The van der Waals surface area contributed by atoms with Crippen molar-refractivity contribution in [3.63, 3.8) is 0 Å². The summed E-state index contributed by atoms with van der Waals surface area (Å²) >= 11 is 6.09. The maximum absolute atomic E-state index is 11.7. The third-order valence-corrected chi connectivity index (χ3v) is 5.79. The van der Waals surface area contributed by atoms with Gasteiger partial charge in [-0.2, -0.15) is 0 Å². The van der Waals surface area contributed by atoms with E-state index in [1.807, 2.05) is 30.0 Å². The maximum Gasteiger partial charge on any atom is 0.304 e. The summed E-state index contributed by atoms with van der Waals surface area (Å²) in [6.45, 7) is 2.77. The number of sulfone groups is 1. The minimum atomic E-state index is -3.15. The Kier molecular flexibility index (Phi) is 4.91. The van der Waals surface area contributed by atoms with Crippen LogP contribution in [-0.4, -0.2) is 48.5 Å². The Balaban J connectivity index is 2.15. The van der Waals surface area contributed by atoms with E-state index < -0.39 is 21.8 Å². The molecule has 1 aliphatic heterocycles. The molecule has 0 amide bonds. The van der Waals surface area contributed by atoms with Crippen molar-refractivity contribution in [3.8, 4) is 0 Å². The SMILES string of the molecule is Cc1ccc(CN2CCS(=O)(=O)CC2CC(=O)O)cc1Cl. The molecule has 7 heteroatoms. The number of carboxylic acid groups (broad SMARTS) is 1. The summed E-state index contributed by atoms with van der Waals surface area (Å²) in [5.41, 5.74) is 1.93. The summed E-state index contributed by atoms with van der Waals surface area (Å²) in [7, 11) is -3.15. The highest BCUT2D eigenvalue weighted by Crippen LogP contribution is 2.21. The lowest BCUT2D eigenvalue weighted by atomic mass is 10.1. The largest absolute Gasteiger partial charge is 0.481 e. The van der Waals surface area contributed by atoms with Gasteiger partial charge in [0.25, 0.3) is 0 Å². The summed E-state index contributed by atoms with van der Waals surface area (Å²) < 4.78 is 23.4. The van der Waals surface area contributed by atoms with Gasteiger partial charge in [0, 0.05) is 24.2 Å². The lowest BCUT2D eigenvalue weighted by Crippen LogP contribution is -2.48. The van der Waals surface area contributed by atoms with E-state index in [1.165, 1.54) is 0 Å². The van der Waals surface area contributed by atoms with Crippen LogP contribution >= 0.6 is 11.6 Å². The number of nitrogens with zero attached hydrogens (tertiary/aromatic N) is 1. The number of benzene rings is 1. The Morgan fingerprint density at radius 1 is 1.48 bits per heavy atom. The molecule has 116 valence electrons. The van der Waals surface area contributed by atoms with Crippen molar-refractivity contribution in [1.82, 2.24) is 4.90 Å². The summed E-state index contributed by atoms with van der Waals surface area (Å²) in [6, 6.07) is 5.20. The average Bonchev–Trinajstić information content (AvgIpc) is 2.36. The minimum Gasteiger partial charge on any atom is -0.481 e. The van der Waals surface area contributed by atoms with E-state index in [-0.39, 0.29) is 17.9 Å². The first kappa shape index (κ1) is 16.3. The Hall–Kier alpha value is -1.11. The predicted octanol–water partition coefficient (Wildman–Crippen LogP) is 1.72. The van der Waals surface area contributed by atoms with Crippen molar-refractivity contribution in [2.75, 3.05) is 18.1 Å². The van der Waals surface area contributed by atoms with Gasteiger partial charge in [0.15, 0.2) is 9.84 Å². The second-order valence-electron chi connectivity index (χ2n) is 5.42. The highest BCUT2D eigenvalue weighted by atomic mass is 35.5. The summed E-state index contributed by atoms with van der Waals surface area (Å²) in [5, 5.41) is 9.62. The molecule has 1 fully saturated rings. The van der Waals surface area contributed by atoms with Gasteiger partial charge in [0.05, 0.1) is 17.9 Å². The van der Waals surface area contributed by atoms with Crippen LogP contribution < -0.4 is 0 Å². The molecule has 1 unspecified atom stereocenters. The van der Waals surface area contributed by atoms with Gasteiger partial charge >= 0.3 is 5.97 Å². The first-order valence-corrected chi connectivity index (χ1v) is 8.88. The highest BCUT2D eigenvalue weighted by molar-refractivity contribution is 7.91. The first-order valence-electron chi connectivity index (χ1n) is 6.68. The van der Waals surface area contributed by atoms with Gasteiger partial charge < -0.3 is 5.11 Å². The zero-order chi connectivity index (χ0) is 15.6. The molecule has 1 saturated heterocycles. The van der Waals surface area contributed by atoms with Crippen LogP contribution in [0.2, 0.25) is 5.02 Å². The monoisotopic (exact) mass is 331 g/mol. The van der Waals surface area contributed by atoms with Crippen LogP contribution in [0.15, 0.2) is 18.2 Å². The Labute approximate surface area is 129 Å². The molecule has 0 radical (unpaired) electrons. The normalized spacial score (nSPS) is 22.1. The first-order chi connectivity index (χ1) is 9.77. The molecular weight excluding hydrogens is 314 g/mol. The number of hydrogen-bond acceptors (Lipinski definition) is 4. The number of rotatable bonds is 4. The Morgan fingerprint density at radius 2 is 2.19 bits per heavy atom. The second kappa shape index (κ2) is 6.34. The summed E-state index contributed by atoms with van der Waals surface area (Å²) in [5.74, 6) is -1.01. The minimum absolute atomic E-state index is 0.0721. The van der Waals surface area contributed by atoms with Gasteiger partial charge in [-0.25, -0.2) is 8.42 Å². The lowest BCUT2D eigenvalue weighted by molar-refractivity contribution is -0.138. The van der Waals surface area contributed by atoms with Crippen LogP contribution in [0.25, 0.3) is 0 Å². The number of aliphatic carboxylic acids is 1. The number of carboxylic acids is 1. The van der Waals surface area contributed by atoms with Gasteiger partial charge in [0.1, 0.15) is 0 Å². The van der Waals surface area contributed by atoms with E-state index in [0.29, 0.717) is 18.1 Å². The van der Waals surface area contributed by atoms with Crippen molar-refractivity contribution in [3.05, 3.63) is 34.3 Å². The number of carbonyl (C=O) groups is 1. The van der Waals surface area contributed by atoms with E-state index in [0.717, 1.165) is 11.1 Å². The van der Waals surface area contributed by atoms with Crippen molar-refractivity contribution < 1.29 is 18.3 Å². The third kappa shape index (κ3) is 4.43. The Morgan fingerprint density at radius 3 is 2.81 bits per heavy atom. The van der Waals surface area contributed by atoms with Crippen molar-refractivity contribution in [2.45, 2.75) is 25.9 Å².